The van der Waals surface area contributed by atoms with E-state index in [4.69, 9.17) is 4.74 Å². The molecule has 7 heteroatoms. The molecule has 0 rings (SSSR count). The predicted molar refractivity (Wildman–Crippen MR) is 77.5 cm³/mol. The standard InChI is InChI=1S/C14H24N2O5/c1-4-13(18)20-9-7-12(17)15-11-14(19)21-10-8-16(5-2)6-3/h4H,1,5-11H2,2-3H3,(H,15,17). The van der Waals surface area contributed by atoms with Gasteiger partial charge in [0.2, 0.25) is 5.91 Å². The average Bonchev–Trinajstić information content (AvgIpc) is 2.49. The van der Waals surface area contributed by atoms with Gasteiger partial charge in [-0.2, -0.15) is 0 Å². The molecule has 0 aliphatic rings. The summed E-state index contributed by atoms with van der Waals surface area (Å²) in [6.45, 7) is 9.82. The second-order valence-electron chi connectivity index (χ2n) is 4.15. The van der Waals surface area contributed by atoms with E-state index in [1.807, 2.05) is 13.8 Å². The molecule has 7 nitrogen and oxygen atoms in total. The van der Waals surface area contributed by atoms with E-state index in [-0.39, 0.29) is 25.5 Å². The third-order valence-corrected chi connectivity index (χ3v) is 2.73. The van der Waals surface area contributed by atoms with Gasteiger partial charge >= 0.3 is 11.9 Å². The summed E-state index contributed by atoms with van der Waals surface area (Å²) in [6, 6.07) is 0. The quantitative estimate of drug-likeness (QED) is 0.430. The summed E-state index contributed by atoms with van der Waals surface area (Å²) in [6.07, 6.45) is 1.01. The Labute approximate surface area is 125 Å². The molecule has 0 heterocycles. The maximum absolute atomic E-state index is 11.4. The summed E-state index contributed by atoms with van der Waals surface area (Å²) >= 11 is 0. The summed E-state index contributed by atoms with van der Waals surface area (Å²) in [5.41, 5.74) is 0. The first-order valence-corrected chi connectivity index (χ1v) is 6.97. The number of carbonyl (C=O) groups excluding carboxylic acids is 3. The lowest BCUT2D eigenvalue weighted by molar-refractivity contribution is -0.145. The number of carbonyl (C=O) groups is 3. The van der Waals surface area contributed by atoms with E-state index in [0.717, 1.165) is 19.2 Å². The van der Waals surface area contributed by atoms with Crippen molar-refractivity contribution in [1.29, 1.82) is 0 Å². The number of nitrogens with zero attached hydrogens (tertiary/aromatic N) is 1. The molecule has 0 saturated heterocycles. The van der Waals surface area contributed by atoms with Crippen molar-refractivity contribution in [1.82, 2.24) is 10.2 Å². The average molecular weight is 300 g/mol. The summed E-state index contributed by atoms with van der Waals surface area (Å²) in [4.78, 5) is 35.6. The van der Waals surface area contributed by atoms with E-state index in [1.54, 1.807) is 0 Å². The molecule has 0 aliphatic heterocycles. The van der Waals surface area contributed by atoms with E-state index >= 15 is 0 Å². The van der Waals surface area contributed by atoms with Crippen LogP contribution in [0.2, 0.25) is 0 Å². The fraction of sp³-hybridized carbons (Fsp3) is 0.643. The Kier molecular flexibility index (Phi) is 10.8. The van der Waals surface area contributed by atoms with Crippen LogP contribution in [-0.4, -0.2) is 62.1 Å². The van der Waals surface area contributed by atoms with Crippen LogP contribution < -0.4 is 5.32 Å². The maximum atomic E-state index is 11.4. The molecule has 21 heavy (non-hydrogen) atoms. The summed E-state index contributed by atoms with van der Waals surface area (Å²) in [5.74, 6) is -1.45. The van der Waals surface area contributed by atoms with E-state index in [9.17, 15) is 14.4 Å². The lowest BCUT2D eigenvalue weighted by atomic mass is 10.4. The van der Waals surface area contributed by atoms with Crippen molar-refractivity contribution in [2.75, 3.05) is 39.4 Å². The molecule has 1 N–H and O–H groups in total. The lowest BCUT2D eigenvalue weighted by Gasteiger charge is -2.17. The molecule has 1 amide bonds. The number of rotatable bonds is 11. The number of hydrogen-bond donors (Lipinski definition) is 1. The number of amides is 1. The maximum Gasteiger partial charge on any atom is 0.330 e. The van der Waals surface area contributed by atoms with E-state index in [2.05, 4.69) is 21.5 Å². The molecule has 0 aromatic heterocycles. The van der Waals surface area contributed by atoms with Crippen LogP contribution in [0.3, 0.4) is 0 Å². The molecular weight excluding hydrogens is 276 g/mol. The van der Waals surface area contributed by atoms with Crippen molar-refractivity contribution >= 4 is 17.8 Å². The van der Waals surface area contributed by atoms with Gasteiger partial charge in [0.15, 0.2) is 0 Å². The minimum Gasteiger partial charge on any atom is -0.463 e. The number of nitrogens with one attached hydrogen (secondary N) is 1. The van der Waals surface area contributed by atoms with Crippen molar-refractivity contribution in [3.63, 3.8) is 0 Å². The highest BCUT2D eigenvalue weighted by atomic mass is 16.5. The topological polar surface area (TPSA) is 84.9 Å². The largest absolute Gasteiger partial charge is 0.463 e. The Bertz CT molecular complexity index is 353. The number of likely N-dealkylation sites (N-methyl/N-ethyl adjacent to an activating group) is 1. The highest BCUT2D eigenvalue weighted by Gasteiger charge is 2.08. The highest BCUT2D eigenvalue weighted by molar-refractivity contribution is 5.83. The first-order valence-electron chi connectivity index (χ1n) is 6.97. The Balaban J connectivity index is 3.65. The zero-order valence-corrected chi connectivity index (χ0v) is 12.7. The molecule has 0 saturated carbocycles. The first kappa shape index (κ1) is 19.1. The lowest BCUT2D eigenvalue weighted by Crippen LogP contribution is -2.33. The molecular formula is C14H24N2O5. The minimum absolute atomic E-state index is 0.00763. The van der Waals surface area contributed by atoms with Gasteiger partial charge in [0, 0.05) is 12.6 Å². The van der Waals surface area contributed by atoms with Crippen molar-refractivity contribution < 1.29 is 23.9 Å². The van der Waals surface area contributed by atoms with Gasteiger partial charge in [-0.25, -0.2) is 4.79 Å². The zero-order valence-electron chi connectivity index (χ0n) is 12.7. The molecule has 0 bridgehead atoms. The fourth-order valence-corrected chi connectivity index (χ4v) is 1.44. The smallest absolute Gasteiger partial charge is 0.330 e. The first-order chi connectivity index (χ1) is 10.0. The Morgan fingerprint density at radius 3 is 2.38 bits per heavy atom. The second kappa shape index (κ2) is 11.9. The van der Waals surface area contributed by atoms with Crippen LogP contribution in [0.25, 0.3) is 0 Å². The Morgan fingerprint density at radius 2 is 1.81 bits per heavy atom. The van der Waals surface area contributed by atoms with Crippen LogP contribution >= 0.6 is 0 Å². The molecule has 0 atom stereocenters. The number of esters is 2. The normalized spacial score (nSPS) is 10.0. The second-order valence-corrected chi connectivity index (χ2v) is 4.15. The third kappa shape index (κ3) is 10.5. The third-order valence-electron chi connectivity index (χ3n) is 2.73. The van der Waals surface area contributed by atoms with E-state index in [1.165, 1.54) is 0 Å². The Morgan fingerprint density at radius 1 is 1.14 bits per heavy atom. The SMILES string of the molecule is C=CC(=O)OCCC(=O)NCC(=O)OCCN(CC)CC. The predicted octanol–water partition coefficient (Wildman–Crippen LogP) is 0.107. The molecule has 0 radical (unpaired) electrons. The van der Waals surface area contributed by atoms with Crippen LogP contribution in [-0.2, 0) is 23.9 Å². The van der Waals surface area contributed by atoms with Gasteiger partial charge in [0.25, 0.3) is 0 Å². The monoisotopic (exact) mass is 300 g/mol. The van der Waals surface area contributed by atoms with Gasteiger partial charge in [-0.15, -0.1) is 0 Å². The van der Waals surface area contributed by atoms with Gasteiger partial charge in [-0.1, -0.05) is 20.4 Å². The van der Waals surface area contributed by atoms with Crippen molar-refractivity contribution in [2.24, 2.45) is 0 Å². The molecule has 120 valence electrons. The van der Waals surface area contributed by atoms with E-state index < -0.39 is 11.9 Å². The van der Waals surface area contributed by atoms with Gasteiger partial charge in [0.05, 0.1) is 6.42 Å². The molecule has 0 unspecified atom stereocenters. The van der Waals surface area contributed by atoms with Gasteiger partial charge in [-0.3, -0.25) is 9.59 Å². The van der Waals surface area contributed by atoms with Crippen LogP contribution in [0.1, 0.15) is 20.3 Å². The Hall–Kier alpha value is -1.89. The van der Waals surface area contributed by atoms with Crippen LogP contribution in [0, 0.1) is 0 Å². The summed E-state index contributed by atoms with van der Waals surface area (Å²) in [7, 11) is 0. The minimum atomic E-state index is -0.585. The molecule has 0 aromatic rings. The summed E-state index contributed by atoms with van der Waals surface area (Å²) in [5, 5.41) is 2.40. The van der Waals surface area contributed by atoms with Gasteiger partial charge in [-0.05, 0) is 13.1 Å². The molecule has 0 aliphatic carbocycles. The van der Waals surface area contributed by atoms with Crippen molar-refractivity contribution in [3.8, 4) is 0 Å². The zero-order chi connectivity index (χ0) is 16.1. The fourth-order valence-electron chi connectivity index (χ4n) is 1.44. The van der Waals surface area contributed by atoms with Crippen LogP contribution in [0.15, 0.2) is 12.7 Å². The molecule has 0 spiro atoms. The summed E-state index contributed by atoms with van der Waals surface area (Å²) < 4.78 is 9.64. The van der Waals surface area contributed by atoms with Crippen LogP contribution in [0.5, 0.6) is 0 Å². The molecule has 0 aromatic carbocycles. The van der Waals surface area contributed by atoms with Crippen LogP contribution in [0.4, 0.5) is 0 Å². The van der Waals surface area contributed by atoms with Crippen molar-refractivity contribution in [2.45, 2.75) is 20.3 Å². The molecule has 0 fully saturated rings. The highest BCUT2D eigenvalue weighted by Crippen LogP contribution is 1.88. The van der Waals surface area contributed by atoms with Gasteiger partial charge in [0.1, 0.15) is 19.8 Å². The number of ether oxygens (including phenoxy) is 2. The van der Waals surface area contributed by atoms with Crippen molar-refractivity contribution in [3.05, 3.63) is 12.7 Å². The van der Waals surface area contributed by atoms with E-state index in [0.29, 0.717) is 13.2 Å². The number of hydrogen-bond acceptors (Lipinski definition) is 6. The van der Waals surface area contributed by atoms with Gasteiger partial charge < -0.3 is 19.7 Å².